The van der Waals surface area contributed by atoms with Gasteiger partial charge in [-0.1, -0.05) is 42.5 Å². The Kier molecular flexibility index (Phi) is 3.84. The van der Waals surface area contributed by atoms with Crippen molar-refractivity contribution in [1.82, 2.24) is 9.38 Å². The Morgan fingerprint density at radius 3 is 2.54 bits per heavy atom. The first-order chi connectivity index (χ1) is 11.8. The lowest BCUT2D eigenvalue weighted by Gasteiger charge is -2.07. The number of rotatable bonds is 4. The van der Waals surface area contributed by atoms with Crippen LogP contribution in [0.5, 0.6) is 0 Å². The molecule has 2 aromatic carbocycles. The van der Waals surface area contributed by atoms with Crippen molar-refractivity contribution in [3.8, 4) is 11.1 Å². The molecule has 4 rings (SSSR count). The smallest absolute Gasteiger partial charge is 0.258 e. The summed E-state index contributed by atoms with van der Waals surface area (Å²) in [5, 5.41) is 5.18. The Hall–Kier alpha value is -2.92. The van der Waals surface area contributed by atoms with Gasteiger partial charge in [0.1, 0.15) is 0 Å². The van der Waals surface area contributed by atoms with Crippen LogP contribution < -0.4 is 10.9 Å². The molecule has 2 heterocycles. The number of nitrogens with zero attached hydrogens (tertiary/aromatic N) is 2. The van der Waals surface area contributed by atoms with Crippen LogP contribution in [0.1, 0.15) is 5.69 Å². The van der Waals surface area contributed by atoms with Crippen LogP contribution in [0.25, 0.3) is 16.1 Å². The summed E-state index contributed by atoms with van der Waals surface area (Å²) in [4.78, 5) is 17.2. The fourth-order valence-corrected chi connectivity index (χ4v) is 3.32. The molecule has 5 heteroatoms. The van der Waals surface area contributed by atoms with Crippen molar-refractivity contribution in [2.75, 3.05) is 5.32 Å². The summed E-state index contributed by atoms with van der Waals surface area (Å²) in [6.07, 6.45) is 1.74. The number of hydrogen-bond donors (Lipinski definition) is 1. The highest BCUT2D eigenvalue weighted by Gasteiger charge is 2.03. The molecule has 118 valence electrons. The molecular weight excluding hydrogens is 318 g/mol. The molecular formula is C19H15N3OS. The number of aromatic nitrogens is 2. The van der Waals surface area contributed by atoms with Crippen LogP contribution in [-0.2, 0) is 6.54 Å². The van der Waals surface area contributed by atoms with E-state index in [1.807, 2.05) is 35.7 Å². The number of benzene rings is 2. The van der Waals surface area contributed by atoms with Crippen molar-refractivity contribution in [3.05, 3.63) is 88.3 Å². The maximum atomic E-state index is 12.0. The van der Waals surface area contributed by atoms with E-state index in [1.165, 1.54) is 22.5 Å². The van der Waals surface area contributed by atoms with E-state index in [0.717, 1.165) is 16.3 Å². The fraction of sp³-hybridized carbons (Fsp3) is 0.0526. The zero-order valence-electron chi connectivity index (χ0n) is 12.8. The number of fused-ring (bicyclic) bond motifs is 1. The summed E-state index contributed by atoms with van der Waals surface area (Å²) in [5.74, 6) is 0. The first-order valence-corrected chi connectivity index (χ1v) is 8.53. The summed E-state index contributed by atoms with van der Waals surface area (Å²) >= 11 is 1.46. The van der Waals surface area contributed by atoms with E-state index in [9.17, 15) is 4.79 Å². The Morgan fingerprint density at radius 1 is 1.00 bits per heavy atom. The van der Waals surface area contributed by atoms with Crippen LogP contribution in [0.15, 0.2) is 77.0 Å². The van der Waals surface area contributed by atoms with Crippen molar-refractivity contribution < 1.29 is 0 Å². The van der Waals surface area contributed by atoms with E-state index < -0.39 is 0 Å². The molecule has 0 atom stereocenters. The largest absolute Gasteiger partial charge is 0.379 e. The summed E-state index contributed by atoms with van der Waals surface area (Å²) in [5.41, 5.74) is 4.08. The average molecular weight is 333 g/mol. The number of anilines is 1. The van der Waals surface area contributed by atoms with Gasteiger partial charge in [-0.2, -0.15) is 0 Å². The highest BCUT2D eigenvalue weighted by molar-refractivity contribution is 7.15. The monoisotopic (exact) mass is 333 g/mol. The lowest BCUT2D eigenvalue weighted by Crippen LogP contribution is -2.14. The third-order valence-corrected chi connectivity index (χ3v) is 4.58. The van der Waals surface area contributed by atoms with Crippen LogP contribution in [0.4, 0.5) is 5.69 Å². The third kappa shape index (κ3) is 2.94. The van der Waals surface area contributed by atoms with E-state index in [-0.39, 0.29) is 5.56 Å². The second kappa shape index (κ2) is 6.29. The van der Waals surface area contributed by atoms with Crippen molar-refractivity contribution >= 4 is 22.0 Å². The van der Waals surface area contributed by atoms with Gasteiger partial charge < -0.3 is 5.32 Å². The molecule has 0 fully saturated rings. The summed E-state index contributed by atoms with van der Waals surface area (Å²) in [7, 11) is 0. The molecule has 0 unspecified atom stereocenters. The molecule has 1 N–H and O–H groups in total. The highest BCUT2D eigenvalue weighted by Crippen LogP contribution is 2.21. The van der Waals surface area contributed by atoms with Crippen LogP contribution >= 0.6 is 11.3 Å². The molecule has 24 heavy (non-hydrogen) atoms. The maximum Gasteiger partial charge on any atom is 0.258 e. The van der Waals surface area contributed by atoms with Gasteiger partial charge in [0.25, 0.3) is 5.56 Å². The van der Waals surface area contributed by atoms with Gasteiger partial charge >= 0.3 is 0 Å². The van der Waals surface area contributed by atoms with Gasteiger partial charge in [-0.25, -0.2) is 4.98 Å². The summed E-state index contributed by atoms with van der Waals surface area (Å²) in [6.45, 7) is 0.522. The first kappa shape index (κ1) is 14.7. The molecule has 0 radical (unpaired) electrons. The van der Waals surface area contributed by atoms with Crippen LogP contribution in [-0.4, -0.2) is 9.38 Å². The van der Waals surface area contributed by atoms with Crippen molar-refractivity contribution in [1.29, 1.82) is 0 Å². The number of nitrogens with one attached hydrogen (secondary N) is 1. The second-order valence-electron chi connectivity index (χ2n) is 5.44. The van der Waals surface area contributed by atoms with E-state index in [2.05, 4.69) is 34.6 Å². The van der Waals surface area contributed by atoms with Gasteiger partial charge in [-0.05, 0) is 23.3 Å². The van der Waals surface area contributed by atoms with Gasteiger partial charge in [-0.3, -0.25) is 9.20 Å². The lowest BCUT2D eigenvalue weighted by atomic mass is 10.1. The van der Waals surface area contributed by atoms with Gasteiger partial charge in [0.15, 0.2) is 4.96 Å². The van der Waals surface area contributed by atoms with Crippen LogP contribution in [0.3, 0.4) is 0 Å². The average Bonchev–Trinajstić information content (AvgIpc) is 3.10. The quantitative estimate of drug-likeness (QED) is 0.613. The molecule has 0 spiro atoms. The zero-order chi connectivity index (χ0) is 16.4. The topological polar surface area (TPSA) is 46.4 Å². The second-order valence-corrected chi connectivity index (χ2v) is 6.31. The minimum absolute atomic E-state index is 0.0440. The molecule has 0 saturated heterocycles. The molecule has 0 aliphatic carbocycles. The summed E-state index contributed by atoms with van der Waals surface area (Å²) in [6, 6.07) is 20.1. The predicted molar refractivity (Wildman–Crippen MR) is 98.5 cm³/mol. The molecule has 2 aromatic heterocycles. The predicted octanol–water partition coefficient (Wildman–Crippen LogP) is 4.04. The first-order valence-electron chi connectivity index (χ1n) is 7.65. The Balaban J connectivity index is 1.50. The number of hydrogen-bond acceptors (Lipinski definition) is 4. The van der Waals surface area contributed by atoms with Gasteiger partial charge in [0, 0.05) is 23.3 Å². The SMILES string of the molecule is O=c1cc(CNc2ccc(-c3ccccc3)cc2)nc2sccn12. The minimum Gasteiger partial charge on any atom is -0.379 e. The van der Waals surface area contributed by atoms with E-state index in [1.54, 1.807) is 16.7 Å². The minimum atomic E-state index is -0.0440. The molecule has 0 amide bonds. The van der Waals surface area contributed by atoms with E-state index in [4.69, 9.17) is 0 Å². The van der Waals surface area contributed by atoms with Gasteiger partial charge in [0.05, 0.1) is 12.2 Å². The molecule has 4 aromatic rings. The van der Waals surface area contributed by atoms with Gasteiger partial charge in [0.2, 0.25) is 0 Å². The lowest BCUT2D eigenvalue weighted by molar-refractivity contribution is 0.990. The maximum absolute atomic E-state index is 12.0. The fourth-order valence-electron chi connectivity index (χ4n) is 2.58. The summed E-state index contributed by atoms with van der Waals surface area (Å²) < 4.78 is 1.56. The van der Waals surface area contributed by atoms with Crippen LogP contribution in [0, 0.1) is 0 Å². The van der Waals surface area contributed by atoms with E-state index >= 15 is 0 Å². The molecule has 0 saturated carbocycles. The van der Waals surface area contributed by atoms with E-state index in [0.29, 0.717) is 6.54 Å². The van der Waals surface area contributed by atoms with Gasteiger partial charge in [-0.15, -0.1) is 11.3 Å². The normalized spacial score (nSPS) is 10.8. The standard InChI is InChI=1S/C19H15N3OS/c23-18-12-17(21-19-22(18)10-11-24-19)13-20-16-8-6-15(7-9-16)14-4-2-1-3-5-14/h1-12,20H,13H2. The molecule has 0 bridgehead atoms. The van der Waals surface area contributed by atoms with Crippen molar-refractivity contribution in [2.45, 2.75) is 6.54 Å². The molecule has 4 nitrogen and oxygen atoms in total. The Morgan fingerprint density at radius 2 is 1.75 bits per heavy atom. The molecule has 0 aliphatic rings. The third-order valence-electron chi connectivity index (χ3n) is 3.82. The highest BCUT2D eigenvalue weighted by atomic mass is 32.1. The zero-order valence-corrected chi connectivity index (χ0v) is 13.7. The molecule has 0 aliphatic heterocycles. The van der Waals surface area contributed by atoms with Crippen molar-refractivity contribution in [3.63, 3.8) is 0 Å². The Bertz CT molecular complexity index is 1020. The van der Waals surface area contributed by atoms with Crippen LogP contribution in [0.2, 0.25) is 0 Å². The number of thiazole rings is 1. The Labute approximate surface area is 143 Å². The van der Waals surface area contributed by atoms with Crippen molar-refractivity contribution in [2.24, 2.45) is 0 Å².